The van der Waals surface area contributed by atoms with Crippen molar-refractivity contribution in [3.63, 3.8) is 0 Å². The largest absolute Gasteiger partial charge is 0.490 e. The number of hydrazone groups is 1. The van der Waals surface area contributed by atoms with Gasteiger partial charge < -0.3 is 18.9 Å². The van der Waals surface area contributed by atoms with Crippen LogP contribution in [0.5, 0.6) is 23.0 Å². The molecule has 4 rings (SSSR count). The lowest BCUT2D eigenvalue weighted by atomic mass is 10.1. The van der Waals surface area contributed by atoms with Gasteiger partial charge in [-0.15, -0.1) is 0 Å². The van der Waals surface area contributed by atoms with Gasteiger partial charge in [-0.1, -0.05) is 36.4 Å². The van der Waals surface area contributed by atoms with Gasteiger partial charge in [-0.3, -0.25) is 4.79 Å². The SMILES string of the molecule is CCOc1cc(/C=N/NC(=O)Cc2ccc3c(c2)OCCO3)cc(I)c1OCc1ccccc1. The summed E-state index contributed by atoms with van der Waals surface area (Å²) in [6.07, 6.45) is 1.77. The number of carbonyl (C=O) groups excluding carboxylic acids is 1. The van der Waals surface area contributed by atoms with Gasteiger partial charge in [0.05, 0.1) is 22.8 Å². The number of nitrogens with zero attached hydrogens (tertiary/aromatic N) is 1. The Bertz CT molecular complexity index is 1170. The van der Waals surface area contributed by atoms with E-state index in [1.54, 1.807) is 6.21 Å². The standard InChI is InChI=1S/C26H25IN2O5/c1-2-31-24-14-20(12-21(27)26(24)34-17-18-6-4-3-5-7-18)16-28-29-25(30)15-19-8-9-22-23(13-19)33-11-10-32-22/h3-9,12-14,16H,2,10-11,15,17H2,1H3,(H,29,30)/b28-16+. The van der Waals surface area contributed by atoms with Crippen LogP contribution in [0.25, 0.3) is 0 Å². The number of carbonyl (C=O) groups is 1. The molecule has 176 valence electrons. The molecule has 1 heterocycles. The van der Waals surface area contributed by atoms with Gasteiger partial charge in [0.15, 0.2) is 23.0 Å². The molecule has 0 aliphatic carbocycles. The Balaban J connectivity index is 1.38. The maximum absolute atomic E-state index is 12.3. The molecular formula is C26H25IN2O5. The van der Waals surface area contributed by atoms with Crippen LogP contribution in [0, 0.1) is 3.57 Å². The molecule has 1 N–H and O–H groups in total. The number of benzene rings is 3. The van der Waals surface area contributed by atoms with Gasteiger partial charge >= 0.3 is 0 Å². The van der Waals surface area contributed by atoms with E-state index in [4.69, 9.17) is 18.9 Å². The molecule has 0 aromatic heterocycles. The number of halogens is 1. The van der Waals surface area contributed by atoms with Gasteiger partial charge in [0.25, 0.3) is 0 Å². The minimum Gasteiger partial charge on any atom is -0.490 e. The third-order valence-corrected chi connectivity index (χ3v) is 5.73. The number of nitrogens with one attached hydrogen (secondary N) is 1. The summed E-state index contributed by atoms with van der Waals surface area (Å²) in [7, 11) is 0. The second-order valence-electron chi connectivity index (χ2n) is 7.49. The van der Waals surface area contributed by atoms with Crippen LogP contribution < -0.4 is 24.4 Å². The van der Waals surface area contributed by atoms with Crippen LogP contribution in [0.3, 0.4) is 0 Å². The minimum absolute atomic E-state index is 0.183. The van der Waals surface area contributed by atoms with Crippen molar-refractivity contribution in [3.8, 4) is 23.0 Å². The molecule has 0 saturated carbocycles. The topological polar surface area (TPSA) is 78.4 Å². The third kappa shape index (κ3) is 6.40. The minimum atomic E-state index is -0.226. The first kappa shape index (κ1) is 23.9. The highest BCUT2D eigenvalue weighted by Gasteiger charge is 2.14. The van der Waals surface area contributed by atoms with Crippen LogP contribution in [0.15, 0.2) is 65.8 Å². The number of ether oxygens (including phenoxy) is 4. The zero-order valence-corrected chi connectivity index (χ0v) is 20.9. The number of hydrogen-bond donors (Lipinski definition) is 1. The lowest BCUT2D eigenvalue weighted by Gasteiger charge is -2.18. The van der Waals surface area contributed by atoms with Crippen LogP contribution in [-0.2, 0) is 17.8 Å². The monoisotopic (exact) mass is 572 g/mol. The predicted molar refractivity (Wildman–Crippen MR) is 138 cm³/mol. The first-order valence-electron chi connectivity index (χ1n) is 11.0. The summed E-state index contributed by atoms with van der Waals surface area (Å²) in [5, 5.41) is 4.11. The van der Waals surface area contributed by atoms with E-state index < -0.39 is 0 Å². The van der Waals surface area contributed by atoms with Crippen molar-refractivity contribution in [1.29, 1.82) is 0 Å². The molecule has 1 aliphatic heterocycles. The number of amides is 1. The maximum Gasteiger partial charge on any atom is 0.244 e. The van der Waals surface area contributed by atoms with Gasteiger partial charge in [0, 0.05) is 0 Å². The van der Waals surface area contributed by atoms with Gasteiger partial charge in [0.1, 0.15) is 19.8 Å². The maximum atomic E-state index is 12.3. The molecule has 0 bridgehead atoms. The van der Waals surface area contributed by atoms with E-state index in [1.165, 1.54) is 0 Å². The van der Waals surface area contributed by atoms with Crippen LogP contribution in [0.2, 0.25) is 0 Å². The first-order valence-corrected chi connectivity index (χ1v) is 12.0. The fourth-order valence-corrected chi connectivity index (χ4v) is 4.18. The predicted octanol–water partition coefficient (Wildman–Crippen LogP) is 4.73. The van der Waals surface area contributed by atoms with Crippen molar-refractivity contribution in [3.05, 3.63) is 80.9 Å². The molecular weight excluding hydrogens is 547 g/mol. The van der Waals surface area contributed by atoms with Crippen LogP contribution in [-0.4, -0.2) is 31.9 Å². The van der Waals surface area contributed by atoms with E-state index >= 15 is 0 Å². The zero-order valence-electron chi connectivity index (χ0n) is 18.8. The van der Waals surface area contributed by atoms with Crippen molar-refractivity contribution in [2.45, 2.75) is 20.0 Å². The normalized spacial score (nSPS) is 12.4. The van der Waals surface area contributed by atoms with Crippen molar-refractivity contribution in [2.24, 2.45) is 5.10 Å². The molecule has 3 aromatic rings. The molecule has 0 atom stereocenters. The number of hydrogen-bond acceptors (Lipinski definition) is 6. The Hall–Kier alpha value is -3.27. The highest BCUT2D eigenvalue weighted by Crippen LogP contribution is 2.34. The molecule has 0 fully saturated rings. The van der Waals surface area contributed by atoms with Gasteiger partial charge in [-0.25, -0.2) is 5.43 Å². The summed E-state index contributed by atoms with van der Waals surface area (Å²) in [6, 6.07) is 19.2. The van der Waals surface area contributed by atoms with E-state index in [2.05, 4.69) is 33.1 Å². The molecule has 3 aromatic carbocycles. The molecule has 0 saturated heterocycles. The van der Waals surface area contributed by atoms with E-state index in [0.717, 1.165) is 20.3 Å². The van der Waals surface area contributed by atoms with Gasteiger partial charge in [-0.05, 0) is 70.5 Å². The third-order valence-electron chi connectivity index (χ3n) is 4.93. The molecule has 8 heteroatoms. The lowest BCUT2D eigenvalue weighted by molar-refractivity contribution is -0.120. The highest BCUT2D eigenvalue weighted by molar-refractivity contribution is 14.1. The van der Waals surface area contributed by atoms with Gasteiger partial charge in [-0.2, -0.15) is 5.10 Å². The van der Waals surface area contributed by atoms with Gasteiger partial charge in [0.2, 0.25) is 5.91 Å². The van der Waals surface area contributed by atoms with E-state index in [0.29, 0.717) is 49.4 Å². The Morgan fingerprint density at radius 3 is 2.62 bits per heavy atom. The Morgan fingerprint density at radius 2 is 1.82 bits per heavy atom. The molecule has 0 unspecified atom stereocenters. The van der Waals surface area contributed by atoms with Crippen molar-refractivity contribution < 1.29 is 23.7 Å². The fourth-order valence-electron chi connectivity index (χ4n) is 3.40. The highest BCUT2D eigenvalue weighted by atomic mass is 127. The molecule has 0 radical (unpaired) electrons. The van der Waals surface area contributed by atoms with Crippen molar-refractivity contribution in [2.75, 3.05) is 19.8 Å². The summed E-state index contributed by atoms with van der Waals surface area (Å²) >= 11 is 2.22. The average molecular weight is 572 g/mol. The van der Waals surface area contributed by atoms with E-state index in [-0.39, 0.29) is 12.3 Å². The second kappa shape index (κ2) is 11.7. The Kier molecular flexibility index (Phi) is 8.24. The summed E-state index contributed by atoms with van der Waals surface area (Å²) in [5.41, 5.74) is 5.27. The van der Waals surface area contributed by atoms with Crippen LogP contribution in [0.4, 0.5) is 0 Å². The molecule has 7 nitrogen and oxygen atoms in total. The molecule has 1 amide bonds. The fraction of sp³-hybridized carbons (Fsp3) is 0.231. The Labute approximate surface area is 212 Å². The summed E-state index contributed by atoms with van der Waals surface area (Å²) in [5.74, 6) is 2.45. The van der Waals surface area contributed by atoms with E-state index in [1.807, 2.05) is 67.6 Å². The quantitative estimate of drug-likeness (QED) is 0.228. The lowest BCUT2D eigenvalue weighted by Crippen LogP contribution is -2.20. The van der Waals surface area contributed by atoms with Crippen molar-refractivity contribution in [1.82, 2.24) is 5.43 Å². The van der Waals surface area contributed by atoms with Crippen molar-refractivity contribution >= 4 is 34.7 Å². The average Bonchev–Trinajstić information content (AvgIpc) is 2.84. The first-order chi connectivity index (χ1) is 16.6. The second-order valence-corrected chi connectivity index (χ2v) is 8.65. The molecule has 1 aliphatic rings. The summed E-state index contributed by atoms with van der Waals surface area (Å²) < 4.78 is 23.8. The molecule has 0 spiro atoms. The Morgan fingerprint density at radius 1 is 1.03 bits per heavy atom. The number of fused-ring (bicyclic) bond motifs is 1. The summed E-state index contributed by atoms with van der Waals surface area (Å²) in [4.78, 5) is 12.3. The van der Waals surface area contributed by atoms with Crippen LogP contribution >= 0.6 is 22.6 Å². The molecule has 34 heavy (non-hydrogen) atoms. The zero-order chi connectivity index (χ0) is 23.8. The number of rotatable bonds is 9. The smallest absolute Gasteiger partial charge is 0.244 e. The van der Waals surface area contributed by atoms with Crippen LogP contribution in [0.1, 0.15) is 23.6 Å². The summed E-state index contributed by atoms with van der Waals surface area (Å²) in [6.45, 7) is 3.91. The van der Waals surface area contributed by atoms with E-state index in [9.17, 15) is 4.79 Å².